The Morgan fingerprint density at radius 1 is 1.24 bits per heavy atom. The number of para-hydroxylation sites is 1. The molecule has 1 aliphatic heterocycles. The Balaban J connectivity index is 1.32. The van der Waals surface area contributed by atoms with Crippen LogP contribution in [0.4, 0.5) is 18.9 Å². The Labute approximate surface area is 241 Å². The number of nitrogens with zero attached hydrogens (tertiary/aromatic N) is 3. The number of hydrogen-bond acceptors (Lipinski definition) is 9. The Hall–Kier alpha value is -3.27. The number of esters is 2. The maximum absolute atomic E-state index is 13.3. The van der Waals surface area contributed by atoms with Gasteiger partial charge in [-0.2, -0.15) is 13.2 Å². The summed E-state index contributed by atoms with van der Waals surface area (Å²) in [7, 11) is -3.74. The molecule has 0 bridgehead atoms. The summed E-state index contributed by atoms with van der Waals surface area (Å²) < 4.78 is 69.7. The molecule has 1 fully saturated rings. The van der Waals surface area contributed by atoms with Gasteiger partial charge < -0.3 is 9.72 Å². The highest BCUT2D eigenvalue weighted by molar-refractivity contribution is 7.94. The summed E-state index contributed by atoms with van der Waals surface area (Å²) in [6.45, 7) is 3.23. The minimum atomic E-state index is -5.22. The van der Waals surface area contributed by atoms with E-state index in [0.29, 0.717) is 47.8 Å². The molecular formula is C26H25F3N4O5S3. The number of piperidine rings is 1. The lowest BCUT2D eigenvalue weighted by Gasteiger charge is -2.30. The van der Waals surface area contributed by atoms with E-state index in [2.05, 4.69) is 14.7 Å². The summed E-state index contributed by atoms with van der Waals surface area (Å²) in [6.07, 6.45) is -2.62. The normalized spacial score (nSPS) is 16.6. The van der Waals surface area contributed by atoms with Crippen molar-refractivity contribution in [2.75, 3.05) is 23.9 Å². The Kier molecular flexibility index (Phi) is 8.23. The standard InChI is InChI=1S/C26H25F3N4O5S3/c1-2-33(41(36,37)21-9-5-11-39-21)20-8-3-6-16-12-19(31-22(16)20)23-30-13-18(40-23)15-32-10-4-7-17(14-32)24(34)38-25(35)26(27,28)29/h3,5-6,8-9,11-13,17,31H,2,4,7,10,14-15H2,1H3. The van der Waals surface area contributed by atoms with Crippen LogP contribution < -0.4 is 4.31 Å². The van der Waals surface area contributed by atoms with Crippen molar-refractivity contribution in [3.63, 3.8) is 0 Å². The van der Waals surface area contributed by atoms with Crippen LogP contribution in [0.1, 0.15) is 24.6 Å². The first-order valence-electron chi connectivity index (χ1n) is 12.7. The van der Waals surface area contributed by atoms with Crippen LogP contribution in [0.2, 0.25) is 0 Å². The van der Waals surface area contributed by atoms with E-state index in [9.17, 15) is 31.2 Å². The van der Waals surface area contributed by atoms with Gasteiger partial charge >= 0.3 is 18.1 Å². The number of halogens is 3. The van der Waals surface area contributed by atoms with Gasteiger partial charge in [0.25, 0.3) is 10.0 Å². The number of rotatable bonds is 8. The molecule has 4 heterocycles. The maximum atomic E-state index is 13.3. The van der Waals surface area contributed by atoms with Gasteiger partial charge in [-0.3, -0.25) is 14.0 Å². The van der Waals surface area contributed by atoms with Crippen molar-refractivity contribution in [3.8, 4) is 10.7 Å². The van der Waals surface area contributed by atoms with Crippen molar-refractivity contribution in [2.45, 2.75) is 36.7 Å². The van der Waals surface area contributed by atoms with Crippen LogP contribution >= 0.6 is 22.7 Å². The van der Waals surface area contributed by atoms with Crippen LogP contribution in [0.15, 0.2) is 52.2 Å². The molecule has 9 nitrogen and oxygen atoms in total. The third kappa shape index (κ3) is 6.17. The van der Waals surface area contributed by atoms with Gasteiger partial charge in [-0.15, -0.1) is 22.7 Å². The fourth-order valence-corrected chi connectivity index (χ4v) is 8.32. The summed E-state index contributed by atoms with van der Waals surface area (Å²) in [5.41, 5.74) is 1.89. The molecule has 1 aliphatic rings. The monoisotopic (exact) mass is 626 g/mol. The van der Waals surface area contributed by atoms with Crippen molar-refractivity contribution in [1.82, 2.24) is 14.9 Å². The number of hydrogen-bond donors (Lipinski definition) is 1. The number of aromatic amines is 1. The van der Waals surface area contributed by atoms with Gasteiger partial charge in [0.2, 0.25) is 0 Å². The fraction of sp³-hybridized carbons (Fsp3) is 0.346. The Morgan fingerprint density at radius 3 is 2.76 bits per heavy atom. The fourth-order valence-electron chi connectivity index (χ4n) is 4.80. The van der Waals surface area contributed by atoms with Crippen LogP contribution in [0.3, 0.4) is 0 Å². The van der Waals surface area contributed by atoms with Crippen LogP contribution in [-0.4, -0.2) is 61.0 Å². The van der Waals surface area contributed by atoms with E-state index < -0.39 is 34.1 Å². The van der Waals surface area contributed by atoms with Crippen molar-refractivity contribution < 1.29 is 35.9 Å². The summed E-state index contributed by atoms with van der Waals surface area (Å²) in [4.78, 5) is 33.8. The topological polar surface area (TPSA) is 113 Å². The SMILES string of the molecule is CCN(c1cccc2cc(-c3ncc(CN4CCCC(C(=O)OC(=O)C(F)(F)F)C4)s3)[nH]c12)S(=O)(=O)c1cccs1. The molecule has 1 saturated heterocycles. The second-order valence-corrected chi connectivity index (χ2v) is 13.6. The van der Waals surface area contributed by atoms with Gasteiger partial charge in [0, 0.05) is 36.1 Å². The largest absolute Gasteiger partial charge is 0.491 e. The second kappa shape index (κ2) is 11.5. The zero-order valence-corrected chi connectivity index (χ0v) is 24.1. The van der Waals surface area contributed by atoms with Gasteiger partial charge in [0.15, 0.2) is 0 Å². The highest BCUT2D eigenvalue weighted by atomic mass is 32.2. The summed E-state index contributed by atoms with van der Waals surface area (Å²) in [5.74, 6) is -4.50. The average molecular weight is 627 g/mol. The highest BCUT2D eigenvalue weighted by Crippen LogP contribution is 2.36. The van der Waals surface area contributed by atoms with E-state index >= 15 is 0 Å². The van der Waals surface area contributed by atoms with Crippen LogP contribution in [0.5, 0.6) is 0 Å². The molecule has 0 spiro atoms. The number of nitrogens with one attached hydrogen (secondary N) is 1. The number of ether oxygens (including phenoxy) is 1. The number of carbonyl (C=O) groups excluding carboxylic acids is 2. The molecule has 0 saturated carbocycles. The first-order chi connectivity index (χ1) is 19.5. The third-order valence-corrected chi connectivity index (χ3v) is 10.9. The molecule has 1 aromatic carbocycles. The third-order valence-electron chi connectivity index (χ3n) is 6.66. The summed E-state index contributed by atoms with van der Waals surface area (Å²) in [5, 5.41) is 3.22. The molecule has 0 amide bonds. The number of anilines is 1. The number of benzene rings is 1. The Morgan fingerprint density at radius 2 is 2.05 bits per heavy atom. The molecular weight excluding hydrogens is 602 g/mol. The van der Waals surface area contributed by atoms with E-state index in [1.807, 2.05) is 17.0 Å². The van der Waals surface area contributed by atoms with E-state index in [4.69, 9.17) is 0 Å². The zero-order valence-electron chi connectivity index (χ0n) is 21.7. The number of fused-ring (bicyclic) bond motifs is 1. The van der Waals surface area contributed by atoms with Crippen LogP contribution in [-0.2, 0) is 30.9 Å². The molecule has 4 aromatic rings. The first kappa shape index (κ1) is 29.2. The zero-order chi connectivity index (χ0) is 29.4. The molecule has 15 heteroatoms. The number of carbonyl (C=O) groups is 2. The smallest absolute Gasteiger partial charge is 0.386 e. The van der Waals surface area contributed by atoms with Gasteiger partial charge in [-0.1, -0.05) is 18.2 Å². The van der Waals surface area contributed by atoms with Gasteiger partial charge in [0.1, 0.15) is 9.22 Å². The second-order valence-electron chi connectivity index (χ2n) is 9.44. The predicted octanol–water partition coefficient (Wildman–Crippen LogP) is 5.41. The molecule has 1 atom stereocenters. The molecule has 0 aliphatic carbocycles. The highest BCUT2D eigenvalue weighted by Gasteiger charge is 2.43. The van der Waals surface area contributed by atoms with E-state index in [-0.39, 0.29) is 17.3 Å². The molecule has 0 radical (unpaired) electrons. The number of sulfonamides is 1. The van der Waals surface area contributed by atoms with E-state index in [1.54, 1.807) is 42.8 Å². The van der Waals surface area contributed by atoms with Crippen LogP contribution in [0.25, 0.3) is 21.6 Å². The molecule has 5 rings (SSSR count). The van der Waals surface area contributed by atoms with Crippen LogP contribution in [0, 0.1) is 5.92 Å². The van der Waals surface area contributed by atoms with Gasteiger partial charge in [0.05, 0.1) is 22.8 Å². The molecule has 1 N–H and O–H groups in total. The summed E-state index contributed by atoms with van der Waals surface area (Å²) >= 11 is 2.57. The van der Waals surface area contributed by atoms with Crippen molar-refractivity contribution in [1.29, 1.82) is 0 Å². The number of H-pyrrole nitrogens is 1. The minimum absolute atomic E-state index is 0.165. The number of thiazole rings is 1. The summed E-state index contributed by atoms with van der Waals surface area (Å²) in [6, 6.07) is 10.6. The number of thiophene rings is 1. The average Bonchev–Trinajstić information content (AvgIpc) is 3.69. The van der Waals surface area contributed by atoms with Gasteiger partial charge in [-0.25, -0.2) is 18.2 Å². The lowest BCUT2D eigenvalue weighted by molar-refractivity contribution is -0.203. The molecule has 218 valence electrons. The lowest BCUT2D eigenvalue weighted by Crippen LogP contribution is -2.40. The molecule has 3 aromatic heterocycles. The number of alkyl halides is 3. The Bertz CT molecular complexity index is 1660. The van der Waals surface area contributed by atoms with Gasteiger partial charge in [-0.05, 0) is 49.9 Å². The van der Waals surface area contributed by atoms with Crippen molar-refractivity contribution >= 4 is 61.2 Å². The lowest BCUT2D eigenvalue weighted by atomic mass is 9.98. The van der Waals surface area contributed by atoms with Crippen molar-refractivity contribution in [2.24, 2.45) is 5.92 Å². The number of aromatic nitrogens is 2. The van der Waals surface area contributed by atoms with E-state index in [0.717, 1.165) is 21.6 Å². The minimum Gasteiger partial charge on any atom is -0.386 e. The predicted molar refractivity (Wildman–Crippen MR) is 149 cm³/mol. The molecule has 1 unspecified atom stereocenters. The number of likely N-dealkylation sites (tertiary alicyclic amines) is 1. The maximum Gasteiger partial charge on any atom is 0.491 e. The van der Waals surface area contributed by atoms with E-state index in [1.165, 1.54) is 15.6 Å². The van der Waals surface area contributed by atoms with Crippen molar-refractivity contribution in [3.05, 3.63) is 52.9 Å². The first-order valence-corrected chi connectivity index (χ1v) is 15.8. The quantitative estimate of drug-likeness (QED) is 0.206. The molecule has 41 heavy (non-hydrogen) atoms.